The third kappa shape index (κ3) is 8.84. The molecule has 3 nitrogen and oxygen atoms in total. The third-order valence-electron chi connectivity index (χ3n) is 4.72. The minimum Gasteiger partial charge on any atom is -0.494 e. The molecule has 0 spiro atoms. The quantitative estimate of drug-likeness (QED) is 0.282. The maximum Gasteiger partial charge on any atom is 0.126 e. The Kier molecular flexibility index (Phi) is 10.9. The summed E-state index contributed by atoms with van der Waals surface area (Å²) in [5.74, 6) is 3.19. The molecule has 0 aromatic heterocycles. The third-order valence-corrected chi connectivity index (χ3v) is 5.28. The topological polar surface area (TPSA) is 27.7 Å². The maximum absolute atomic E-state index is 6.27. The van der Waals surface area contributed by atoms with E-state index in [1.807, 2.05) is 36.4 Å². The molecular formula is C25H31Cl3O3. The van der Waals surface area contributed by atoms with Crippen LogP contribution in [0.1, 0.15) is 63.5 Å². The fourth-order valence-electron chi connectivity index (χ4n) is 3.05. The van der Waals surface area contributed by atoms with Gasteiger partial charge in [-0.25, -0.2) is 0 Å². The van der Waals surface area contributed by atoms with Crippen LogP contribution in [0.2, 0.25) is 5.02 Å². The lowest BCUT2D eigenvalue weighted by atomic mass is 9.93. The van der Waals surface area contributed by atoms with Crippen molar-refractivity contribution < 1.29 is 14.2 Å². The molecule has 0 bridgehead atoms. The van der Waals surface area contributed by atoms with Gasteiger partial charge in [-0.1, -0.05) is 62.5 Å². The van der Waals surface area contributed by atoms with Crippen molar-refractivity contribution in [3.63, 3.8) is 0 Å². The van der Waals surface area contributed by atoms with Crippen molar-refractivity contribution in [2.24, 2.45) is 0 Å². The van der Waals surface area contributed by atoms with Crippen LogP contribution in [-0.4, -0.2) is 19.8 Å². The van der Waals surface area contributed by atoms with Gasteiger partial charge in [-0.05, 0) is 67.2 Å². The maximum atomic E-state index is 6.27. The standard InChI is InChI=1S/C25H31Cl3O3/c1-17(2)22-15-21(30-14-11-24(27)28)16-23(18(3)4)25(22)31-13-6-5-12-29-20-9-7-19(26)8-10-20/h7-11,15-18H,5-6,12-14H2,1-4H3. The molecule has 0 amide bonds. The molecule has 0 fully saturated rings. The van der Waals surface area contributed by atoms with Gasteiger partial charge < -0.3 is 14.2 Å². The Hall–Kier alpha value is -1.55. The summed E-state index contributed by atoms with van der Waals surface area (Å²) in [4.78, 5) is 0. The largest absolute Gasteiger partial charge is 0.494 e. The smallest absolute Gasteiger partial charge is 0.126 e. The highest BCUT2D eigenvalue weighted by Gasteiger charge is 2.18. The van der Waals surface area contributed by atoms with Crippen LogP contribution in [0.25, 0.3) is 0 Å². The van der Waals surface area contributed by atoms with E-state index in [0.29, 0.717) is 36.7 Å². The van der Waals surface area contributed by atoms with Crippen LogP contribution in [0.5, 0.6) is 17.2 Å². The molecule has 0 aliphatic carbocycles. The van der Waals surface area contributed by atoms with Crippen LogP contribution in [0.4, 0.5) is 0 Å². The summed E-state index contributed by atoms with van der Waals surface area (Å²) in [6.07, 6.45) is 3.44. The van der Waals surface area contributed by atoms with Gasteiger partial charge in [0.05, 0.1) is 13.2 Å². The van der Waals surface area contributed by atoms with Crippen molar-refractivity contribution >= 4 is 34.8 Å². The Morgan fingerprint density at radius 2 is 1.35 bits per heavy atom. The van der Waals surface area contributed by atoms with Crippen molar-refractivity contribution in [1.82, 2.24) is 0 Å². The normalized spacial score (nSPS) is 11.0. The first-order chi connectivity index (χ1) is 14.8. The van der Waals surface area contributed by atoms with E-state index in [0.717, 1.165) is 41.2 Å². The number of benzene rings is 2. The number of rotatable bonds is 12. The van der Waals surface area contributed by atoms with Gasteiger partial charge in [0.25, 0.3) is 0 Å². The van der Waals surface area contributed by atoms with Crippen LogP contribution in [0, 0.1) is 0 Å². The first kappa shape index (κ1) is 25.7. The van der Waals surface area contributed by atoms with Gasteiger partial charge in [0, 0.05) is 16.1 Å². The fourth-order valence-corrected chi connectivity index (χ4v) is 3.31. The second-order valence-corrected chi connectivity index (χ2v) is 9.35. The van der Waals surface area contributed by atoms with Gasteiger partial charge in [-0.2, -0.15) is 0 Å². The zero-order valence-electron chi connectivity index (χ0n) is 18.6. The molecule has 0 heterocycles. The molecule has 0 atom stereocenters. The molecule has 6 heteroatoms. The molecule has 31 heavy (non-hydrogen) atoms. The zero-order valence-corrected chi connectivity index (χ0v) is 20.9. The molecule has 0 N–H and O–H groups in total. The lowest BCUT2D eigenvalue weighted by Crippen LogP contribution is -2.08. The van der Waals surface area contributed by atoms with Crippen LogP contribution < -0.4 is 14.2 Å². The Morgan fingerprint density at radius 1 is 0.806 bits per heavy atom. The Balaban J connectivity index is 1.97. The SMILES string of the molecule is CC(C)c1cc(OCC=C(Cl)Cl)cc(C(C)C)c1OCCCCOc1ccc(Cl)cc1. The van der Waals surface area contributed by atoms with Crippen molar-refractivity contribution in [1.29, 1.82) is 0 Å². The van der Waals surface area contributed by atoms with Crippen molar-refractivity contribution in [3.05, 3.63) is 63.1 Å². The van der Waals surface area contributed by atoms with E-state index >= 15 is 0 Å². The number of hydrogen-bond acceptors (Lipinski definition) is 3. The summed E-state index contributed by atoms with van der Waals surface area (Å²) in [6, 6.07) is 11.5. The van der Waals surface area contributed by atoms with Gasteiger partial charge >= 0.3 is 0 Å². The van der Waals surface area contributed by atoms with Gasteiger partial charge in [0.2, 0.25) is 0 Å². The minimum absolute atomic E-state index is 0.202. The average molecular weight is 486 g/mol. The van der Waals surface area contributed by atoms with Crippen molar-refractivity contribution in [3.8, 4) is 17.2 Å². The highest BCUT2D eigenvalue weighted by molar-refractivity contribution is 6.55. The first-order valence-electron chi connectivity index (χ1n) is 10.6. The van der Waals surface area contributed by atoms with E-state index in [1.165, 1.54) is 0 Å². The van der Waals surface area contributed by atoms with Crippen LogP contribution >= 0.6 is 34.8 Å². The molecule has 0 aliphatic rings. The fraction of sp³-hybridized carbons (Fsp3) is 0.440. The van der Waals surface area contributed by atoms with E-state index in [1.54, 1.807) is 6.08 Å². The van der Waals surface area contributed by atoms with Crippen molar-refractivity contribution in [2.75, 3.05) is 19.8 Å². The van der Waals surface area contributed by atoms with Crippen LogP contribution in [0.3, 0.4) is 0 Å². The van der Waals surface area contributed by atoms with Gasteiger partial charge in [-0.15, -0.1) is 0 Å². The highest BCUT2D eigenvalue weighted by Crippen LogP contribution is 2.38. The van der Waals surface area contributed by atoms with E-state index in [9.17, 15) is 0 Å². The predicted octanol–water partition coefficient (Wildman–Crippen LogP) is 8.52. The van der Waals surface area contributed by atoms with E-state index in [2.05, 4.69) is 27.7 Å². The van der Waals surface area contributed by atoms with E-state index in [-0.39, 0.29) is 4.49 Å². The molecule has 0 aliphatic heterocycles. The highest BCUT2D eigenvalue weighted by atomic mass is 35.5. The van der Waals surface area contributed by atoms with Crippen LogP contribution in [-0.2, 0) is 0 Å². The molecule has 0 unspecified atom stereocenters. The summed E-state index contributed by atoms with van der Waals surface area (Å²) >= 11 is 17.3. The van der Waals surface area contributed by atoms with Gasteiger partial charge in [0.1, 0.15) is 28.3 Å². The molecule has 0 radical (unpaired) electrons. The molecule has 2 aromatic rings. The predicted molar refractivity (Wildman–Crippen MR) is 132 cm³/mol. The second kappa shape index (κ2) is 13.1. The summed E-state index contributed by atoms with van der Waals surface area (Å²) < 4.78 is 18.1. The summed E-state index contributed by atoms with van der Waals surface area (Å²) in [5, 5.41) is 0.707. The number of unbranched alkanes of at least 4 members (excludes halogenated alkanes) is 1. The Labute approximate surface area is 201 Å². The summed E-state index contributed by atoms with van der Waals surface area (Å²) in [7, 11) is 0. The second-order valence-electron chi connectivity index (χ2n) is 7.90. The average Bonchev–Trinajstić information content (AvgIpc) is 2.71. The Bertz CT molecular complexity index is 813. The Morgan fingerprint density at radius 3 is 1.87 bits per heavy atom. The first-order valence-corrected chi connectivity index (χ1v) is 11.7. The van der Waals surface area contributed by atoms with Gasteiger partial charge in [0.15, 0.2) is 0 Å². The number of halogens is 3. The van der Waals surface area contributed by atoms with Crippen LogP contribution in [0.15, 0.2) is 47.0 Å². The summed E-state index contributed by atoms with van der Waals surface area (Å²) in [5.41, 5.74) is 2.28. The monoisotopic (exact) mass is 484 g/mol. The summed E-state index contributed by atoms with van der Waals surface area (Å²) in [6.45, 7) is 10.2. The molecule has 2 aromatic carbocycles. The number of hydrogen-bond donors (Lipinski definition) is 0. The molecule has 0 saturated carbocycles. The van der Waals surface area contributed by atoms with E-state index < -0.39 is 0 Å². The number of ether oxygens (including phenoxy) is 3. The lowest BCUT2D eigenvalue weighted by Gasteiger charge is -2.22. The minimum atomic E-state index is 0.202. The van der Waals surface area contributed by atoms with Crippen molar-refractivity contribution in [2.45, 2.75) is 52.4 Å². The molecular weight excluding hydrogens is 455 g/mol. The lowest BCUT2D eigenvalue weighted by molar-refractivity contribution is 0.262. The van der Waals surface area contributed by atoms with Gasteiger partial charge in [-0.3, -0.25) is 0 Å². The molecule has 2 rings (SSSR count). The zero-order chi connectivity index (χ0) is 22.8. The van der Waals surface area contributed by atoms with E-state index in [4.69, 9.17) is 49.0 Å². The molecule has 170 valence electrons. The molecule has 0 saturated heterocycles.